The van der Waals surface area contributed by atoms with Crippen molar-refractivity contribution in [1.82, 2.24) is 4.72 Å². The van der Waals surface area contributed by atoms with Crippen molar-refractivity contribution in [2.75, 3.05) is 19.4 Å². The molecule has 0 fully saturated rings. The molecule has 9 heteroatoms. The molecule has 1 aromatic carbocycles. The molecule has 0 aromatic heterocycles. The zero-order valence-corrected chi connectivity index (χ0v) is 13.1. The maximum Gasteiger partial charge on any atom is 0.306 e. The van der Waals surface area contributed by atoms with Gasteiger partial charge in [-0.05, 0) is 28.1 Å². The number of hydrogen-bond donors (Lipinski definition) is 2. The van der Waals surface area contributed by atoms with Crippen LogP contribution in [0.2, 0.25) is 5.02 Å². The zero-order chi connectivity index (χ0) is 14.6. The molecule has 0 bridgehead atoms. The Balaban J connectivity index is 2.92. The summed E-state index contributed by atoms with van der Waals surface area (Å²) in [6.07, 6.45) is -0.0661. The molecule has 0 spiro atoms. The van der Waals surface area contributed by atoms with Crippen molar-refractivity contribution in [3.05, 3.63) is 21.6 Å². The lowest BCUT2D eigenvalue weighted by atomic mass is 10.3. The summed E-state index contributed by atoms with van der Waals surface area (Å²) in [7, 11) is -2.58. The van der Waals surface area contributed by atoms with E-state index in [4.69, 9.17) is 17.3 Å². The molecule has 1 aromatic rings. The SMILES string of the molecule is COC(=O)CCNS(=O)(=O)c1cc(Cl)cc(N)c1Br. The molecule has 0 saturated carbocycles. The summed E-state index contributed by atoms with van der Waals surface area (Å²) in [6.45, 7) is -0.0755. The fourth-order valence-corrected chi connectivity index (χ4v) is 3.57. The number of hydrogen-bond acceptors (Lipinski definition) is 5. The number of sulfonamides is 1. The number of nitrogen functional groups attached to an aromatic ring is 1. The number of ether oxygens (including phenoxy) is 1. The van der Waals surface area contributed by atoms with Gasteiger partial charge in [-0.1, -0.05) is 11.6 Å². The quantitative estimate of drug-likeness (QED) is 0.604. The van der Waals surface area contributed by atoms with Gasteiger partial charge in [0.1, 0.15) is 0 Å². The van der Waals surface area contributed by atoms with E-state index in [0.29, 0.717) is 0 Å². The molecule has 0 aliphatic carbocycles. The molecule has 3 N–H and O–H groups in total. The molecule has 0 aliphatic heterocycles. The molecule has 1 rings (SSSR count). The standard InChI is InChI=1S/C10H12BrClN2O4S/c1-18-9(15)2-3-14-19(16,17)8-5-6(12)4-7(13)10(8)11/h4-5,14H,2-3,13H2,1H3. The van der Waals surface area contributed by atoms with Crippen LogP contribution < -0.4 is 10.5 Å². The number of esters is 1. The first-order chi connectivity index (χ1) is 8.77. The van der Waals surface area contributed by atoms with Crippen molar-refractivity contribution in [1.29, 1.82) is 0 Å². The largest absolute Gasteiger partial charge is 0.469 e. The fraction of sp³-hybridized carbons (Fsp3) is 0.300. The monoisotopic (exact) mass is 370 g/mol. The van der Waals surface area contributed by atoms with Crippen LogP contribution in [-0.4, -0.2) is 28.0 Å². The minimum Gasteiger partial charge on any atom is -0.469 e. The summed E-state index contributed by atoms with van der Waals surface area (Å²) in [4.78, 5) is 10.8. The minimum atomic E-state index is -3.81. The average molecular weight is 372 g/mol. The van der Waals surface area contributed by atoms with Gasteiger partial charge in [-0.2, -0.15) is 0 Å². The van der Waals surface area contributed by atoms with Crippen molar-refractivity contribution in [2.24, 2.45) is 0 Å². The third-order valence-electron chi connectivity index (χ3n) is 2.17. The van der Waals surface area contributed by atoms with Gasteiger partial charge in [0.05, 0.1) is 22.9 Å². The van der Waals surface area contributed by atoms with E-state index in [1.54, 1.807) is 0 Å². The van der Waals surface area contributed by atoms with Gasteiger partial charge >= 0.3 is 5.97 Å². The molecule has 0 amide bonds. The highest BCUT2D eigenvalue weighted by Gasteiger charge is 2.20. The van der Waals surface area contributed by atoms with E-state index in [1.165, 1.54) is 19.2 Å². The molecular formula is C10H12BrClN2O4S. The third-order valence-corrected chi connectivity index (χ3v) is 5.02. The molecule has 0 radical (unpaired) electrons. The topological polar surface area (TPSA) is 98.5 Å². The molecule has 6 nitrogen and oxygen atoms in total. The van der Waals surface area contributed by atoms with Gasteiger partial charge in [-0.3, -0.25) is 4.79 Å². The van der Waals surface area contributed by atoms with E-state index in [-0.39, 0.29) is 33.0 Å². The lowest BCUT2D eigenvalue weighted by Crippen LogP contribution is -2.27. The molecule has 0 saturated heterocycles. The summed E-state index contributed by atoms with van der Waals surface area (Å²) in [5.41, 5.74) is 5.83. The number of benzene rings is 1. The molecule has 19 heavy (non-hydrogen) atoms. The van der Waals surface area contributed by atoms with Crippen LogP contribution in [0.5, 0.6) is 0 Å². The second kappa shape index (κ2) is 6.56. The molecule has 0 aliphatic rings. The Morgan fingerprint density at radius 1 is 1.53 bits per heavy atom. The normalized spacial score (nSPS) is 11.3. The maximum absolute atomic E-state index is 12.0. The Kier molecular flexibility index (Phi) is 5.60. The van der Waals surface area contributed by atoms with E-state index in [0.717, 1.165) is 0 Å². The van der Waals surface area contributed by atoms with Crippen LogP contribution >= 0.6 is 27.5 Å². The lowest BCUT2D eigenvalue weighted by Gasteiger charge is -2.10. The van der Waals surface area contributed by atoms with E-state index < -0.39 is 16.0 Å². The smallest absolute Gasteiger partial charge is 0.306 e. The molecule has 0 unspecified atom stereocenters. The van der Waals surface area contributed by atoms with Crippen LogP contribution in [0, 0.1) is 0 Å². The Labute approximate surface area is 124 Å². The lowest BCUT2D eigenvalue weighted by molar-refractivity contribution is -0.140. The zero-order valence-electron chi connectivity index (χ0n) is 9.94. The van der Waals surface area contributed by atoms with Gasteiger partial charge in [-0.25, -0.2) is 13.1 Å². The Bertz CT molecular complexity index is 591. The van der Waals surface area contributed by atoms with Gasteiger partial charge in [0.25, 0.3) is 0 Å². The van der Waals surface area contributed by atoms with Gasteiger partial charge in [0.2, 0.25) is 10.0 Å². The van der Waals surface area contributed by atoms with Gasteiger partial charge in [-0.15, -0.1) is 0 Å². The maximum atomic E-state index is 12.0. The average Bonchev–Trinajstić information content (AvgIpc) is 2.33. The summed E-state index contributed by atoms with van der Waals surface area (Å²) in [5, 5.41) is 0.203. The van der Waals surface area contributed by atoms with E-state index in [9.17, 15) is 13.2 Å². The fourth-order valence-electron chi connectivity index (χ4n) is 1.25. The number of nitrogens with one attached hydrogen (secondary N) is 1. The summed E-state index contributed by atoms with van der Waals surface area (Å²) in [5.74, 6) is -0.507. The summed E-state index contributed by atoms with van der Waals surface area (Å²) >= 11 is 8.86. The van der Waals surface area contributed by atoms with Crippen molar-refractivity contribution in [2.45, 2.75) is 11.3 Å². The Morgan fingerprint density at radius 3 is 2.74 bits per heavy atom. The van der Waals surface area contributed by atoms with Crippen LogP contribution in [-0.2, 0) is 19.6 Å². The van der Waals surface area contributed by atoms with Crippen LogP contribution in [0.3, 0.4) is 0 Å². The Hall–Kier alpha value is -0.830. The van der Waals surface area contributed by atoms with Crippen LogP contribution in [0.25, 0.3) is 0 Å². The van der Waals surface area contributed by atoms with Crippen LogP contribution in [0.1, 0.15) is 6.42 Å². The van der Waals surface area contributed by atoms with E-state index in [2.05, 4.69) is 25.4 Å². The molecule has 0 heterocycles. The van der Waals surface area contributed by atoms with Gasteiger partial charge < -0.3 is 10.5 Å². The van der Waals surface area contributed by atoms with Crippen molar-refractivity contribution in [3.8, 4) is 0 Å². The van der Waals surface area contributed by atoms with Crippen LogP contribution in [0.4, 0.5) is 5.69 Å². The van der Waals surface area contributed by atoms with Crippen molar-refractivity contribution in [3.63, 3.8) is 0 Å². The number of anilines is 1. The van der Waals surface area contributed by atoms with Crippen molar-refractivity contribution >= 4 is 49.2 Å². The highest BCUT2D eigenvalue weighted by molar-refractivity contribution is 9.10. The minimum absolute atomic E-state index is 0.0661. The van der Waals surface area contributed by atoms with Crippen LogP contribution in [0.15, 0.2) is 21.5 Å². The third kappa shape index (κ3) is 4.34. The Morgan fingerprint density at radius 2 is 2.16 bits per heavy atom. The second-order valence-electron chi connectivity index (χ2n) is 3.53. The second-order valence-corrected chi connectivity index (χ2v) is 6.50. The molecular weight excluding hydrogens is 360 g/mol. The first-order valence-corrected chi connectivity index (χ1v) is 7.74. The number of rotatable bonds is 5. The number of carbonyl (C=O) groups is 1. The highest BCUT2D eigenvalue weighted by Crippen LogP contribution is 2.31. The molecule has 0 atom stereocenters. The van der Waals surface area contributed by atoms with Gasteiger partial charge in [0.15, 0.2) is 0 Å². The number of nitrogens with two attached hydrogens (primary N) is 1. The highest BCUT2D eigenvalue weighted by atomic mass is 79.9. The predicted molar refractivity (Wildman–Crippen MR) is 75.4 cm³/mol. The first kappa shape index (κ1) is 16.2. The van der Waals surface area contributed by atoms with Crippen molar-refractivity contribution < 1.29 is 17.9 Å². The summed E-state index contributed by atoms with van der Waals surface area (Å²) in [6, 6.07) is 2.70. The van der Waals surface area contributed by atoms with E-state index in [1.807, 2.05) is 0 Å². The van der Waals surface area contributed by atoms with Gasteiger partial charge in [0, 0.05) is 17.3 Å². The number of methoxy groups -OCH3 is 1. The first-order valence-electron chi connectivity index (χ1n) is 5.09. The number of halogens is 2. The van der Waals surface area contributed by atoms with E-state index >= 15 is 0 Å². The molecule has 106 valence electrons. The predicted octanol–water partition coefficient (Wildman–Crippen LogP) is 1.53. The summed E-state index contributed by atoms with van der Waals surface area (Å²) < 4.78 is 30.9. The number of carbonyl (C=O) groups excluding carboxylic acids is 1.